The number of aromatic nitrogens is 1. The zero-order valence-corrected chi connectivity index (χ0v) is 8.62. The molecule has 0 saturated heterocycles. The second-order valence-electron chi connectivity index (χ2n) is 3.62. The first-order valence-corrected chi connectivity index (χ1v) is 4.83. The lowest BCUT2D eigenvalue weighted by Crippen LogP contribution is -2.26. The van der Waals surface area contributed by atoms with Gasteiger partial charge in [-0.3, -0.25) is 4.98 Å². The quantitative estimate of drug-likeness (QED) is 0.771. The third kappa shape index (κ3) is 2.52. The Morgan fingerprint density at radius 2 is 2.23 bits per heavy atom. The van der Waals surface area contributed by atoms with E-state index in [1.807, 2.05) is 12.3 Å². The Morgan fingerprint density at radius 1 is 1.54 bits per heavy atom. The van der Waals surface area contributed by atoms with Gasteiger partial charge in [-0.05, 0) is 31.0 Å². The molecule has 13 heavy (non-hydrogen) atoms. The van der Waals surface area contributed by atoms with Gasteiger partial charge in [0.2, 0.25) is 0 Å². The van der Waals surface area contributed by atoms with Crippen molar-refractivity contribution < 1.29 is 0 Å². The van der Waals surface area contributed by atoms with Gasteiger partial charge in [0.05, 0.1) is 0 Å². The summed E-state index contributed by atoms with van der Waals surface area (Å²) in [5.41, 5.74) is 8.31. The first-order valence-electron chi connectivity index (χ1n) is 4.83. The van der Waals surface area contributed by atoms with Gasteiger partial charge >= 0.3 is 0 Å². The number of aryl methyl sites for hydroxylation is 1. The molecule has 1 aromatic rings. The van der Waals surface area contributed by atoms with E-state index in [-0.39, 0.29) is 6.04 Å². The van der Waals surface area contributed by atoms with Crippen molar-refractivity contribution in [2.24, 2.45) is 5.73 Å². The molecule has 0 aliphatic rings. The van der Waals surface area contributed by atoms with E-state index in [9.17, 15) is 0 Å². The topological polar surface area (TPSA) is 38.9 Å². The highest BCUT2D eigenvalue weighted by Gasteiger charge is 2.13. The summed E-state index contributed by atoms with van der Waals surface area (Å²) in [6.07, 6.45) is 2.85. The highest BCUT2D eigenvalue weighted by molar-refractivity contribution is 5.18. The minimum absolute atomic E-state index is 0.217. The summed E-state index contributed by atoms with van der Waals surface area (Å²) in [5, 5.41) is 0. The van der Waals surface area contributed by atoms with Crippen LogP contribution >= 0.6 is 0 Å². The van der Waals surface area contributed by atoms with Crippen LogP contribution in [0.5, 0.6) is 0 Å². The summed E-state index contributed by atoms with van der Waals surface area (Å²) in [4.78, 5) is 4.33. The molecule has 2 heteroatoms. The molecule has 1 aromatic heterocycles. The van der Waals surface area contributed by atoms with E-state index >= 15 is 0 Å². The fraction of sp³-hybridized carbons (Fsp3) is 0.545. The van der Waals surface area contributed by atoms with E-state index in [0.717, 1.165) is 12.1 Å². The lowest BCUT2D eigenvalue weighted by Gasteiger charge is -2.17. The third-order valence-corrected chi connectivity index (χ3v) is 2.52. The zero-order chi connectivity index (χ0) is 9.84. The van der Waals surface area contributed by atoms with Crippen molar-refractivity contribution in [1.82, 2.24) is 4.98 Å². The second kappa shape index (κ2) is 4.38. The van der Waals surface area contributed by atoms with Gasteiger partial charge in [0.1, 0.15) is 0 Å². The molecular formula is C11H18N2. The fourth-order valence-corrected chi connectivity index (χ4v) is 1.38. The number of hydrogen-bond acceptors (Lipinski definition) is 2. The van der Waals surface area contributed by atoms with Gasteiger partial charge in [-0.1, -0.05) is 13.8 Å². The molecular weight excluding hydrogens is 160 g/mol. The largest absolute Gasteiger partial charge is 0.327 e. The second-order valence-corrected chi connectivity index (χ2v) is 3.62. The van der Waals surface area contributed by atoms with Gasteiger partial charge in [-0.2, -0.15) is 0 Å². The van der Waals surface area contributed by atoms with Crippen molar-refractivity contribution in [2.45, 2.75) is 39.2 Å². The highest BCUT2D eigenvalue weighted by Crippen LogP contribution is 2.17. The Kier molecular flexibility index (Phi) is 3.43. The molecule has 0 fully saturated rings. The van der Waals surface area contributed by atoms with Gasteiger partial charge in [0.25, 0.3) is 0 Å². The predicted octanol–water partition coefficient (Wildman–Crippen LogP) is 2.23. The van der Waals surface area contributed by atoms with Crippen LogP contribution in [0.2, 0.25) is 0 Å². The number of nitrogens with zero attached hydrogens (tertiary/aromatic N) is 1. The van der Waals surface area contributed by atoms with Crippen LogP contribution in [0, 0.1) is 6.92 Å². The first kappa shape index (κ1) is 10.2. The van der Waals surface area contributed by atoms with Crippen LogP contribution in [-0.2, 0) is 0 Å². The fourth-order valence-electron chi connectivity index (χ4n) is 1.38. The molecule has 0 bridgehead atoms. The van der Waals surface area contributed by atoms with Crippen molar-refractivity contribution in [3.05, 3.63) is 29.6 Å². The van der Waals surface area contributed by atoms with Gasteiger partial charge < -0.3 is 5.73 Å². The van der Waals surface area contributed by atoms with E-state index in [0.29, 0.717) is 5.92 Å². The van der Waals surface area contributed by atoms with Gasteiger partial charge in [0.15, 0.2) is 0 Å². The number of rotatable bonds is 3. The van der Waals surface area contributed by atoms with Crippen molar-refractivity contribution >= 4 is 0 Å². The number of nitrogens with two attached hydrogens (primary N) is 1. The Bertz CT molecular complexity index is 271. The molecule has 0 radical (unpaired) electrons. The molecule has 0 aliphatic carbocycles. The van der Waals surface area contributed by atoms with E-state index in [1.165, 1.54) is 5.56 Å². The molecule has 2 unspecified atom stereocenters. The minimum atomic E-state index is 0.217. The van der Waals surface area contributed by atoms with E-state index in [2.05, 4.69) is 31.8 Å². The van der Waals surface area contributed by atoms with Crippen LogP contribution in [0.3, 0.4) is 0 Å². The lowest BCUT2D eigenvalue weighted by atomic mass is 9.96. The maximum atomic E-state index is 5.96. The summed E-state index contributed by atoms with van der Waals surface area (Å²) >= 11 is 0. The van der Waals surface area contributed by atoms with Gasteiger partial charge in [-0.15, -0.1) is 0 Å². The molecule has 2 atom stereocenters. The van der Waals surface area contributed by atoms with Gasteiger partial charge in [0, 0.05) is 23.9 Å². The molecule has 1 heterocycles. The molecule has 2 nitrogen and oxygen atoms in total. The van der Waals surface area contributed by atoms with Gasteiger partial charge in [-0.25, -0.2) is 0 Å². The molecule has 1 rings (SSSR count). The average Bonchev–Trinajstić information content (AvgIpc) is 2.15. The van der Waals surface area contributed by atoms with Crippen LogP contribution < -0.4 is 5.73 Å². The van der Waals surface area contributed by atoms with Crippen LogP contribution in [-0.4, -0.2) is 11.0 Å². The van der Waals surface area contributed by atoms with E-state index in [1.54, 1.807) is 0 Å². The SMILES string of the molecule is CCC(N)C(C)c1cc(C)ccn1. The maximum Gasteiger partial charge on any atom is 0.0449 e. The smallest absolute Gasteiger partial charge is 0.0449 e. The van der Waals surface area contributed by atoms with Crippen LogP contribution in [0.1, 0.15) is 37.4 Å². The molecule has 0 aromatic carbocycles. The molecule has 2 N–H and O–H groups in total. The highest BCUT2D eigenvalue weighted by atomic mass is 14.7. The normalized spacial score (nSPS) is 15.4. The zero-order valence-electron chi connectivity index (χ0n) is 8.62. The van der Waals surface area contributed by atoms with Crippen molar-refractivity contribution in [3.63, 3.8) is 0 Å². The first-order chi connectivity index (χ1) is 6.15. The monoisotopic (exact) mass is 178 g/mol. The summed E-state index contributed by atoms with van der Waals surface area (Å²) in [5.74, 6) is 0.352. The molecule has 0 saturated carbocycles. The maximum absolute atomic E-state index is 5.96. The molecule has 0 aliphatic heterocycles. The Balaban J connectivity index is 2.82. The molecule has 72 valence electrons. The van der Waals surface area contributed by atoms with E-state index < -0.39 is 0 Å². The summed E-state index contributed by atoms with van der Waals surface area (Å²) in [6.45, 7) is 6.32. The van der Waals surface area contributed by atoms with Crippen LogP contribution in [0.15, 0.2) is 18.3 Å². The number of pyridine rings is 1. The Labute approximate surface area is 80.2 Å². The molecule has 0 spiro atoms. The van der Waals surface area contributed by atoms with Crippen molar-refractivity contribution in [2.75, 3.05) is 0 Å². The number of hydrogen-bond donors (Lipinski definition) is 1. The van der Waals surface area contributed by atoms with Crippen LogP contribution in [0.4, 0.5) is 0 Å². The standard InChI is InChI=1S/C11H18N2/c1-4-10(12)9(3)11-7-8(2)5-6-13-11/h5-7,9-10H,4,12H2,1-3H3. The average molecular weight is 178 g/mol. The van der Waals surface area contributed by atoms with Crippen molar-refractivity contribution in [1.29, 1.82) is 0 Å². The molecule has 0 amide bonds. The third-order valence-electron chi connectivity index (χ3n) is 2.52. The minimum Gasteiger partial charge on any atom is -0.327 e. The Hall–Kier alpha value is -0.890. The van der Waals surface area contributed by atoms with Crippen LogP contribution in [0.25, 0.3) is 0 Å². The summed E-state index contributed by atoms with van der Waals surface area (Å²) in [7, 11) is 0. The summed E-state index contributed by atoms with van der Waals surface area (Å²) < 4.78 is 0. The van der Waals surface area contributed by atoms with E-state index in [4.69, 9.17) is 5.73 Å². The van der Waals surface area contributed by atoms with Crippen molar-refractivity contribution in [3.8, 4) is 0 Å². The summed E-state index contributed by atoms with van der Waals surface area (Å²) in [6, 6.07) is 4.34. The predicted molar refractivity (Wildman–Crippen MR) is 55.7 cm³/mol. The lowest BCUT2D eigenvalue weighted by molar-refractivity contribution is 0.540. The Morgan fingerprint density at radius 3 is 2.77 bits per heavy atom.